The summed E-state index contributed by atoms with van der Waals surface area (Å²) >= 11 is 3.49. The lowest BCUT2D eigenvalue weighted by atomic mass is 10.2. The Bertz CT molecular complexity index is 1060. The van der Waals surface area contributed by atoms with Crippen molar-refractivity contribution >= 4 is 27.0 Å². The molecule has 1 heterocycles. The molecule has 4 nitrogen and oxygen atoms in total. The molecule has 0 bridgehead atoms. The van der Waals surface area contributed by atoms with E-state index >= 15 is 0 Å². The van der Waals surface area contributed by atoms with E-state index in [0.717, 1.165) is 27.9 Å². The highest BCUT2D eigenvalue weighted by molar-refractivity contribution is 9.10. The Morgan fingerprint density at radius 1 is 0.889 bits per heavy atom. The first-order valence-electron chi connectivity index (χ1n) is 8.69. The first-order chi connectivity index (χ1) is 13.2. The molecule has 0 aliphatic carbocycles. The van der Waals surface area contributed by atoms with Crippen LogP contribution in [0.4, 0.5) is 0 Å². The highest BCUT2D eigenvalue weighted by Gasteiger charge is 2.13. The smallest absolute Gasteiger partial charge is 0.161 e. The number of aromatic nitrogens is 2. The number of para-hydroxylation sites is 4. The summed E-state index contributed by atoms with van der Waals surface area (Å²) < 4.78 is 14.7. The number of halogens is 1. The highest BCUT2D eigenvalue weighted by atomic mass is 79.9. The number of methoxy groups -OCH3 is 1. The molecule has 5 heteroatoms. The Labute approximate surface area is 166 Å². The van der Waals surface area contributed by atoms with Gasteiger partial charge in [-0.05, 0) is 42.0 Å². The van der Waals surface area contributed by atoms with Gasteiger partial charge in [-0.1, -0.05) is 52.3 Å². The fraction of sp³-hybridized carbons (Fsp3) is 0.136. The molecule has 0 fully saturated rings. The second-order valence-corrected chi connectivity index (χ2v) is 7.08. The van der Waals surface area contributed by atoms with Crippen LogP contribution >= 0.6 is 15.9 Å². The molecule has 0 saturated carbocycles. The van der Waals surface area contributed by atoms with Crippen molar-refractivity contribution in [2.24, 2.45) is 0 Å². The summed E-state index contributed by atoms with van der Waals surface area (Å²) in [6, 6.07) is 24.1. The van der Waals surface area contributed by atoms with Crippen molar-refractivity contribution in [1.29, 1.82) is 0 Å². The van der Waals surface area contributed by atoms with Crippen LogP contribution in [0.1, 0.15) is 11.4 Å². The quantitative estimate of drug-likeness (QED) is 0.415. The number of ether oxygens (including phenoxy) is 2. The summed E-state index contributed by atoms with van der Waals surface area (Å²) in [7, 11) is 1.64. The van der Waals surface area contributed by atoms with Gasteiger partial charge in [0.05, 0.1) is 18.1 Å². The Morgan fingerprint density at radius 2 is 1.59 bits per heavy atom. The molecule has 0 N–H and O–H groups in total. The molecule has 0 radical (unpaired) electrons. The predicted octanol–water partition coefficient (Wildman–Crippen LogP) is 5.43. The van der Waals surface area contributed by atoms with Crippen molar-refractivity contribution in [1.82, 2.24) is 9.55 Å². The van der Waals surface area contributed by atoms with Crippen LogP contribution in [-0.2, 0) is 13.2 Å². The van der Waals surface area contributed by atoms with Crippen LogP contribution in [0.5, 0.6) is 11.5 Å². The van der Waals surface area contributed by atoms with Crippen LogP contribution in [-0.4, -0.2) is 16.7 Å². The van der Waals surface area contributed by atoms with Gasteiger partial charge in [0.1, 0.15) is 12.4 Å². The van der Waals surface area contributed by atoms with E-state index in [-0.39, 0.29) is 0 Å². The lowest BCUT2D eigenvalue weighted by molar-refractivity contribution is 0.273. The molecular formula is C22H19BrN2O2. The first-order valence-corrected chi connectivity index (χ1v) is 9.48. The van der Waals surface area contributed by atoms with E-state index in [2.05, 4.69) is 50.8 Å². The lowest BCUT2D eigenvalue weighted by Gasteiger charge is -2.12. The van der Waals surface area contributed by atoms with Crippen LogP contribution in [0.3, 0.4) is 0 Å². The molecule has 4 aromatic rings. The summed E-state index contributed by atoms with van der Waals surface area (Å²) in [6.45, 7) is 1.10. The molecule has 1 aromatic heterocycles. The van der Waals surface area contributed by atoms with Crippen molar-refractivity contribution < 1.29 is 9.47 Å². The fourth-order valence-electron chi connectivity index (χ4n) is 3.06. The summed E-state index contributed by atoms with van der Waals surface area (Å²) in [5.41, 5.74) is 3.27. The van der Waals surface area contributed by atoms with E-state index < -0.39 is 0 Å². The maximum atomic E-state index is 6.03. The number of imidazole rings is 1. The van der Waals surface area contributed by atoms with E-state index in [9.17, 15) is 0 Å². The molecule has 0 amide bonds. The minimum Gasteiger partial charge on any atom is -0.493 e. The van der Waals surface area contributed by atoms with Gasteiger partial charge >= 0.3 is 0 Å². The topological polar surface area (TPSA) is 36.3 Å². The average Bonchev–Trinajstić information content (AvgIpc) is 3.06. The largest absolute Gasteiger partial charge is 0.493 e. The van der Waals surface area contributed by atoms with E-state index in [0.29, 0.717) is 18.1 Å². The van der Waals surface area contributed by atoms with Gasteiger partial charge in [-0.25, -0.2) is 4.98 Å². The molecule has 4 rings (SSSR count). The number of fused-ring (bicyclic) bond motifs is 1. The van der Waals surface area contributed by atoms with Crippen molar-refractivity contribution in [2.75, 3.05) is 7.11 Å². The van der Waals surface area contributed by atoms with E-state index in [1.54, 1.807) is 7.11 Å². The van der Waals surface area contributed by atoms with E-state index in [1.165, 1.54) is 5.56 Å². The molecule has 0 aliphatic rings. The van der Waals surface area contributed by atoms with Gasteiger partial charge in [0.25, 0.3) is 0 Å². The van der Waals surface area contributed by atoms with Gasteiger partial charge in [0.15, 0.2) is 11.5 Å². The highest BCUT2D eigenvalue weighted by Crippen LogP contribution is 2.27. The van der Waals surface area contributed by atoms with Crippen LogP contribution < -0.4 is 9.47 Å². The summed E-state index contributed by atoms with van der Waals surface area (Å²) in [5.74, 6) is 2.31. The molecule has 0 saturated heterocycles. The van der Waals surface area contributed by atoms with Crippen LogP contribution in [0.15, 0.2) is 77.3 Å². The number of rotatable bonds is 6. The van der Waals surface area contributed by atoms with Crippen molar-refractivity contribution in [2.45, 2.75) is 13.2 Å². The number of nitrogens with zero attached hydrogens (tertiary/aromatic N) is 2. The standard InChI is InChI=1S/C22H19BrN2O2/c1-26-20-8-4-5-9-21(20)27-15-22-24-18-6-2-3-7-19(18)25(22)14-16-10-12-17(23)13-11-16/h2-13H,14-15H2,1H3. The van der Waals surface area contributed by atoms with Gasteiger partial charge in [-0.15, -0.1) is 0 Å². The minimum atomic E-state index is 0.367. The van der Waals surface area contributed by atoms with Crippen LogP contribution in [0, 0.1) is 0 Å². The van der Waals surface area contributed by atoms with Crippen LogP contribution in [0.25, 0.3) is 11.0 Å². The lowest BCUT2D eigenvalue weighted by Crippen LogP contribution is -2.08. The molecule has 0 spiro atoms. The van der Waals surface area contributed by atoms with E-state index in [1.807, 2.05) is 42.5 Å². The maximum Gasteiger partial charge on any atom is 0.161 e. The third-order valence-corrected chi connectivity index (χ3v) is 4.94. The molecule has 3 aromatic carbocycles. The Morgan fingerprint density at radius 3 is 2.37 bits per heavy atom. The summed E-state index contributed by atoms with van der Waals surface area (Å²) in [6.07, 6.45) is 0. The van der Waals surface area contributed by atoms with Crippen LogP contribution in [0.2, 0.25) is 0 Å². The third-order valence-electron chi connectivity index (χ3n) is 4.41. The summed E-state index contributed by atoms with van der Waals surface area (Å²) in [5, 5.41) is 0. The molecule has 0 atom stereocenters. The van der Waals surface area contributed by atoms with Gasteiger partial charge in [0.2, 0.25) is 0 Å². The van der Waals surface area contributed by atoms with Crippen molar-refractivity contribution in [3.63, 3.8) is 0 Å². The molecule has 0 unspecified atom stereocenters. The Hall–Kier alpha value is -2.79. The zero-order valence-electron chi connectivity index (χ0n) is 14.9. The molecule has 136 valence electrons. The summed E-state index contributed by atoms with van der Waals surface area (Å²) in [4.78, 5) is 4.78. The second kappa shape index (κ2) is 7.84. The number of benzene rings is 3. The third kappa shape index (κ3) is 3.83. The van der Waals surface area contributed by atoms with E-state index in [4.69, 9.17) is 14.5 Å². The van der Waals surface area contributed by atoms with Gasteiger partial charge in [-0.3, -0.25) is 0 Å². The first kappa shape index (κ1) is 17.6. The second-order valence-electron chi connectivity index (χ2n) is 6.17. The van der Waals surface area contributed by atoms with Gasteiger partial charge in [-0.2, -0.15) is 0 Å². The predicted molar refractivity (Wildman–Crippen MR) is 110 cm³/mol. The van der Waals surface area contributed by atoms with Gasteiger partial charge < -0.3 is 14.0 Å². The maximum absolute atomic E-state index is 6.03. The zero-order valence-corrected chi connectivity index (χ0v) is 16.5. The zero-order chi connectivity index (χ0) is 18.6. The SMILES string of the molecule is COc1ccccc1OCc1nc2ccccc2n1Cc1ccc(Br)cc1. The van der Waals surface area contributed by atoms with Crippen molar-refractivity contribution in [3.05, 3.63) is 88.7 Å². The minimum absolute atomic E-state index is 0.367. The molecular weight excluding hydrogens is 404 g/mol. The molecule has 0 aliphatic heterocycles. The molecule has 27 heavy (non-hydrogen) atoms. The Kier molecular flexibility index (Phi) is 5.12. The van der Waals surface area contributed by atoms with Gasteiger partial charge in [0, 0.05) is 11.0 Å². The van der Waals surface area contributed by atoms with Crippen molar-refractivity contribution in [3.8, 4) is 11.5 Å². The number of hydrogen-bond acceptors (Lipinski definition) is 3. The number of hydrogen-bond donors (Lipinski definition) is 0. The monoisotopic (exact) mass is 422 g/mol. The normalized spacial score (nSPS) is 10.9. The average molecular weight is 423 g/mol. The fourth-order valence-corrected chi connectivity index (χ4v) is 3.33. The Balaban J connectivity index is 1.66.